The number of aliphatic hydroxyl groups is 1. The topological polar surface area (TPSA) is 66.4 Å². The second-order valence-corrected chi connectivity index (χ2v) is 24.6. The third kappa shape index (κ3) is 6.83. The van der Waals surface area contributed by atoms with E-state index in [1.165, 1.54) is 5.57 Å². The molecule has 3 aromatic carbocycles. The van der Waals surface area contributed by atoms with E-state index in [1.807, 2.05) is 24.3 Å². The average molecular weight is 647 g/mol. The first-order valence-electron chi connectivity index (χ1n) is 16.0. The largest absolute Gasteiger partial charge is 0.543 e. The van der Waals surface area contributed by atoms with E-state index in [2.05, 4.69) is 104 Å². The highest BCUT2D eigenvalue weighted by Crippen LogP contribution is 2.53. The van der Waals surface area contributed by atoms with Crippen LogP contribution in [0.15, 0.2) is 60.7 Å². The molecule has 2 aliphatic heterocycles. The molecule has 1 N–H and O–H groups in total. The molecule has 1 atom stereocenters. The van der Waals surface area contributed by atoms with Crippen molar-refractivity contribution in [3.8, 4) is 28.7 Å². The monoisotopic (exact) mass is 646 g/mol. The van der Waals surface area contributed by atoms with Crippen LogP contribution in [0.5, 0.6) is 28.7 Å². The van der Waals surface area contributed by atoms with Crippen LogP contribution < -0.4 is 23.1 Å². The van der Waals surface area contributed by atoms with Crippen LogP contribution >= 0.6 is 0 Å². The summed E-state index contributed by atoms with van der Waals surface area (Å²) < 4.78 is 32.4. The Morgan fingerprint density at radius 2 is 1.27 bits per heavy atom. The van der Waals surface area contributed by atoms with Crippen LogP contribution in [0.2, 0.25) is 36.3 Å². The van der Waals surface area contributed by atoms with Crippen molar-refractivity contribution in [1.82, 2.24) is 0 Å². The molecule has 2 aliphatic rings. The molecule has 8 heteroatoms. The van der Waals surface area contributed by atoms with Crippen molar-refractivity contribution in [1.29, 1.82) is 0 Å². The van der Waals surface area contributed by atoms with Crippen LogP contribution in [-0.2, 0) is 0 Å². The fourth-order valence-electron chi connectivity index (χ4n) is 5.18. The van der Waals surface area contributed by atoms with Crippen molar-refractivity contribution in [2.75, 3.05) is 19.8 Å². The normalized spacial score (nSPS) is 16.8. The van der Waals surface area contributed by atoms with Gasteiger partial charge in [-0.1, -0.05) is 53.7 Å². The second-order valence-electron chi connectivity index (χ2n) is 15.2. The van der Waals surface area contributed by atoms with Gasteiger partial charge in [-0.3, -0.25) is 0 Å². The van der Waals surface area contributed by atoms with Gasteiger partial charge in [0.15, 0.2) is 0 Å². The smallest absolute Gasteiger partial charge is 0.250 e. The van der Waals surface area contributed by atoms with Gasteiger partial charge in [0.05, 0.1) is 13.2 Å². The Morgan fingerprint density at radius 1 is 0.733 bits per heavy atom. The zero-order valence-electron chi connectivity index (χ0n) is 28.7. The quantitative estimate of drug-likeness (QED) is 0.246. The highest BCUT2D eigenvalue weighted by atomic mass is 28.4. The summed E-state index contributed by atoms with van der Waals surface area (Å²) in [7, 11) is -4.07. The molecule has 2 heterocycles. The molecule has 0 aliphatic carbocycles. The van der Waals surface area contributed by atoms with Crippen LogP contribution in [0, 0.1) is 0 Å². The lowest BCUT2D eigenvalue weighted by Gasteiger charge is -2.37. The lowest BCUT2D eigenvalue weighted by Crippen LogP contribution is -2.43. The predicted octanol–water partition coefficient (Wildman–Crippen LogP) is 9.65. The first-order valence-corrected chi connectivity index (χ1v) is 21.9. The number of benzene rings is 3. The van der Waals surface area contributed by atoms with Crippen LogP contribution in [0.1, 0.15) is 70.8 Å². The Hall–Kier alpha value is -3.21. The Bertz CT molecular complexity index is 1560. The summed E-state index contributed by atoms with van der Waals surface area (Å²) in [6.07, 6.45) is 0.380. The second kappa shape index (κ2) is 12.2. The highest BCUT2D eigenvalue weighted by molar-refractivity contribution is 6.75. The number of ether oxygens (including phenoxy) is 3. The zero-order valence-corrected chi connectivity index (χ0v) is 30.7. The minimum Gasteiger partial charge on any atom is -0.543 e. The summed E-state index contributed by atoms with van der Waals surface area (Å²) >= 11 is 0. The molecule has 242 valence electrons. The summed E-state index contributed by atoms with van der Waals surface area (Å²) in [4.78, 5) is 0. The SMILES string of the molecule is CC(C)(C)[Si](C)(C)Oc1ccc2c(c1)OC(c1ccc(OCCO)cc1)C1=C2CCOc2cc(O[Si](C)(C)C(C)(C)C)ccc21. The van der Waals surface area contributed by atoms with Crippen LogP contribution in [-0.4, -0.2) is 41.6 Å². The van der Waals surface area contributed by atoms with Gasteiger partial charge in [0.1, 0.15) is 41.5 Å². The summed E-state index contributed by atoms with van der Waals surface area (Å²) in [5.41, 5.74) is 5.43. The molecule has 45 heavy (non-hydrogen) atoms. The molecule has 0 bridgehead atoms. The number of rotatable bonds is 8. The molecule has 0 radical (unpaired) electrons. The molecule has 0 fully saturated rings. The molecule has 0 saturated carbocycles. The third-order valence-corrected chi connectivity index (χ3v) is 18.6. The third-order valence-electron chi connectivity index (χ3n) is 9.86. The van der Waals surface area contributed by atoms with Crippen molar-refractivity contribution < 1.29 is 28.2 Å². The van der Waals surface area contributed by atoms with Crippen LogP contribution in [0.4, 0.5) is 0 Å². The zero-order chi connectivity index (χ0) is 32.8. The van der Waals surface area contributed by atoms with E-state index >= 15 is 0 Å². The van der Waals surface area contributed by atoms with Crippen molar-refractivity contribution in [3.05, 3.63) is 77.4 Å². The summed E-state index contributed by atoms with van der Waals surface area (Å²) in [6.45, 7) is 23.3. The van der Waals surface area contributed by atoms with Crippen molar-refractivity contribution in [3.63, 3.8) is 0 Å². The van der Waals surface area contributed by atoms with Gasteiger partial charge in [0.2, 0.25) is 16.6 Å². The molecular formula is C37H50O6Si2. The highest BCUT2D eigenvalue weighted by Gasteiger charge is 2.41. The van der Waals surface area contributed by atoms with Gasteiger partial charge in [-0.25, -0.2) is 0 Å². The average Bonchev–Trinajstić information content (AvgIpc) is 3.14. The molecule has 6 nitrogen and oxygen atoms in total. The van der Waals surface area contributed by atoms with Gasteiger partial charge in [-0.2, -0.15) is 0 Å². The predicted molar refractivity (Wildman–Crippen MR) is 188 cm³/mol. The summed E-state index contributed by atoms with van der Waals surface area (Å²) in [5, 5.41) is 9.38. The number of aliphatic hydroxyl groups excluding tert-OH is 1. The Balaban J connectivity index is 1.61. The van der Waals surface area contributed by atoms with E-state index in [0.29, 0.717) is 12.4 Å². The first-order chi connectivity index (χ1) is 21.0. The fraction of sp³-hybridized carbons (Fsp3) is 0.459. The lowest BCUT2D eigenvalue weighted by atomic mass is 9.84. The summed E-state index contributed by atoms with van der Waals surface area (Å²) in [5.74, 6) is 4.02. The van der Waals surface area contributed by atoms with Crippen LogP contribution in [0.25, 0.3) is 11.1 Å². The molecule has 3 aromatic rings. The first kappa shape index (κ1) is 33.2. The lowest BCUT2D eigenvalue weighted by molar-refractivity contribution is 0.201. The molecule has 1 unspecified atom stereocenters. The standard InChI is InChI=1S/C37H50O6Si2/c1-36(2,3)44(7,8)42-27-16-18-31-32(23-27)40-21-19-30-29-17-15-28(43-45(9,10)37(4,5)6)24-33(29)41-35(34(30)31)25-11-13-26(14-12-25)39-22-20-38/h11-18,23-24,35,38H,19-22H2,1-10H3. The van der Waals surface area contributed by atoms with Gasteiger partial charge in [-0.05, 0) is 83.8 Å². The number of hydrogen-bond acceptors (Lipinski definition) is 6. The fourth-order valence-corrected chi connectivity index (χ4v) is 7.22. The molecule has 0 spiro atoms. The van der Waals surface area contributed by atoms with Crippen molar-refractivity contribution in [2.24, 2.45) is 0 Å². The van der Waals surface area contributed by atoms with E-state index in [-0.39, 0.29) is 29.4 Å². The number of hydrogen-bond donors (Lipinski definition) is 1. The van der Waals surface area contributed by atoms with E-state index in [0.717, 1.165) is 51.7 Å². The van der Waals surface area contributed by atoms with E-state index in [1.54, 1.807) is 0 Å². The van der Waals surface area contributed by atoms with Gasteiger partial charge < -0.3 is 28.2 Å². The number of fused-ring (bicyclic) bond motifs is 4. The Labute approximate surface area is 271 Å². The Kier molecular flexibility index (Phi) is 8.98. The maximum absolute atomic E-state index is 9.21. The molecule has 5 rings (SSSR count). The van der Waals surface area contributed by atoms with Gasteiger partial charge >= 0.3 is 0 Å². The van der Waals surface area contributed by atoms with Gasteiger partial charge in [0.25, 0.3) is 0 Å². The maximum atomic E-state index is 9.21. The van der Waals surface area contributed by atoms with E-state index in [4.69, 9.17) is 23.1 Å². The molecule has 0 aromatic heterocycles. The van der Waals surface area contributed by atoms with Gasteiger partial charge in [-0.15, -0.1) is 0 Å². The van der Waals surface area contributed by atoms with Crippen molar-refractivity contribution >= 4 is 27.8 Å². The van der Waals surface area contributed by atoms with E-state index in [9.17, 15) is 5.11 Å². The maximum Gasteiger partial charge on any atom is 0.250 e. The minimum absolute atomic E-state index is 0.0301. The molecule has 0 amide bonds. The molecule has 0 saturated heterocycles. The summed E-state index contributed by atoms with van der Waals surface area (Å²) in [6, 6.07) is 20.5. The van der Waals surface area contributed by atoms with Gasteiger partial charge in [0, 0.05) is 35.3 Å². The Morgan fingerprint density at radius 3 is 1.82 bits per heavy atom. The minimum atomic E-state index is -2.04. The van der Waals surface area contributed by atoms with E-state index < -0.39 is 16.6 Å². The van der Waals surface area contributed by atoms with Crippen LogP contribution in [0.3, 0.4) is 0 Å². The van der Waals surface area contributed by atoms with Crippen molar-refractivity contribution in [2.45, 2.75) is 90.3 Å². The molecular weight excluding hydrogens is 597 g/mol.